The number of esters is 1. The molecule has 1 aromatic carbocycles. The first-order valence-electron chi connectivity index (χ1n) is 8.59. The van der Waals surface area contributed by atoms with Crippen LogP contribution in [0.3, 0.4) is 0 Å². The van der Waals surface area contributed by atoms with Crippen LogP contribution < -0.4 is 0 Å². The molecule has 2 aromatic rings. The van der Waals surface area contributed by atoms with E-state index >= 15 is 0 Å². The first-order chi connectivity index (χ1) is 12.4. The van der Waals surface area contributed by atoms with Crippen molar-refractivity contribution in [3.8, 4) is 11.8 Å². The third-order valence-corrected chi connectivity index (χ3v) is 5.90. The molecule has 5 heteroatoms. The topological polar surface area (TPSA) is 56.3 Å². The van der Waals surface area contributed by atoms with E-state index in [0.29, 0.717) is 23.6 Å². The summed E-state index contributed by atoms with van der Waals surface area (Å²) in [5.74, 6) is 6.45. The van der Waals surface area contributed by atoms with Crippen LogP contribution in [0.25, 0.3) is 0 Å². The van der Waals surface area contributed by atoms with Crippen LogP contribution in [0.5, 0.6) is 0 Å². The van der Waals surface area contributed by atoms with Gasteiger partial charge in [0.25, 0.3) is 0 Å². The van der Waals surface area contributed by atoms with E-state index in [-0.39, 0.29) is 11.4 Å². The molecule has 0 saturated carbocycles. The lowest BCUT2D eigenvalue weighted by Crippen LogP contribution is -2.27. The minimum Gasteiger partial charge on any atom is -0.462 e. The van der Waals surface area contributed by atoms with Gasteiger partial charge in [-0.05, 0) is 60.6 Å². The van der Waals surface area contributed by atoms with Gasteiger partial charge < -0.3 is 4.74 Å². The second kappa shape index (κ2) is 7.43. The van der Waals surface area contributed by atoms with Crippen LogP contribution in [0.2, 0.25) is 0 Å². The van der Waals surface area contributed by atoms with Crippen molar-refractivity contribution in [2.24, 2.45) is 0 Å². The lowest BCUT2D eigenvalue weighted by molar-refractivity contribution is 0.0526. The fourth-order valence-electron chi connectivity index (χ4n) is 2.87. The summed E-state index contributed by atoms with van der Waals surface area (Å²) in [7, 11) is -0.923. The van der Waals surface area contributed by atoms with Crippen LogP contribution in [0.4, 0.5) is 0 Å². The van der Waals surface area contributed by atoms with E-state index < -0.39 is 10.8 Å². The smallest absolute Gasteiger partial charge is 0.339 e. The number of fused-ring (bicyclic) bond motifs is 1. The third kappa shape index (κ3) is 3.86. The molecular weight excluding hydrogens is 346 g/mol. The molecule has 1 aliphatic heterocycles. The number of rotatable bonds is 2. The van der Waals surface area contributed by atoms with Gasteiger partial charge in [0.05, 0.1) is 23.0 Å². The average Bonchev–Trinajstić information content (AvgIpc) is 2.64. The van der Waals surface area contributed by atoms with Gasteiger partial charge >= 0.3 is 5.97 Å². The van der Waals surface area contributed by atoms with E-state index in [4.69, 9.17) is 4.74 Å². The predicted molar refractivity (Wildman–Crippen MR) is 102 cm³/mol. The van der Waals surface area contributed by atoms with Crippen molar-refractivity contribution in [1.82, 2.24) is 4.98 Å². The van der Waals surface area contributed by atoms with E-state index in [0.717, 1.165) is 22.4 Å². The molecule has 0 bridgehead atoms. The first-order valence-corrected chi connectivity index (χ1v) is 9.91. The minimum absolute atomic E-state index is 0.000467. The molecule has 0 unspecified atom stereocenters. The van der Waals surface area contributed by atoms with Crippen molar-refractivity contribution in [3.63, 3.8) is 0 Å². The van der Waals surface area contributed by atoms with E-state index in [2.05, 4.69) is 30.7 Å². The molecule has 1 atom stereocenters. The lowest BCUT2D eigenvalue weighted by atomic mass is 9.81. The van der Waals surface area contributed by atoms with Gasteiger partial charge in [-0.3, -0.25) is 4.21 Å². The highest BCUT2D eigenvalue weighted by Gasteiger charge is 2.31. The molecule has 134 valence electrons. The molecule has 0 radical (unpaired) electrons. The summed E-state index contributed by atoms with van der Waals surface area (Å²) < 4.78 is 17.2. The fourth-order valence-corrected chi connectivity index (χ4v) is 4.58. The predicted octanol–water partition coefficient (Wildman–Crippen LogP) is 3.45. The molecule has 2 heterocycles. The number of carbonyl (C=O) groups excluding carboxylic acids is 1. The van der Waals surface area contributed by atoms with E-state index in [1.165, 1.54) is 6.20 Å². The summed E-state index contributed by atoms with van der Waals surface area (Å²) in [4.78, 5) is 16.8. The van der Waals surface area contributed by atoms with Crippen LogP contribution in [-0.4, -0.2) is 27.5 Å². The molecule has 0 aliphatic carbocycles. The number of benzene rings is 1. The average molecular weight is 367 g/mol. The Hall–Kier alpha value is -2.45. The quantitative estimate of drug-likeness (QED) is 0.603. The van der Waals surface area contributed by atoms with Crippen molar-refractivity contribution >= 4 is 16.8 Å². The van der Waals surface area contributed by atoms with Gasteiger partial charge in [-0.1, -0.05) is 19.8 Å². The summed E-state index contributed by atoms with van der Waals surface area (Å²) in [5, 5.41) is 0. The highest BCUT2D eigenvalue weighted by molar-refractivity contribution is 7.85. The van der Waals surface area contributed by atoms with Crippen LogP contribution in [-0.2, 0) is 21.0 Å². The molecule has 0 N–H and O–H groups in total. The maximum atomic E-state index is 12.2. The molecule has 0 amide bonds. The van der Waals surface area contributed by atoms with Crippen LogP contribution in [0, 0.1) is 11.8 Å². The number of aromatic nitrogens is 1. The number of ether oxygens (including phenoxy) is 1. The molecule has 26 heavy (non-hydrogen) atoms. The van der Waals surface area contributed by atoms with Crippen LogP contribution in [0.15, 0.2) is 41.4 Å². The van der Waals surface area contributed by atoms with Crippen molar-refractivity contribution in [3.05, 3.63) is 58.9 Å². The number of carbonyl (C=O) groups is 1. The van der Waals surface area contributed by atoms with Gasteiger partial charge in [-0.2, -0.15) is 0 Å². The Labute approximate surface area is 156 Å². The zero-order valence-electron chi connectivity index (χ0n) is 15.2. The van der Waals surface area contributed by atoms with Gasteiger partial charge in [0.15, 0.2) is 0 Å². The Morgan fingerprint density at radius 2 is 2.08 bits per heavy atom. The van der Waals surface area contributed by atoms with Crippen LogP contribution >= 0.6 is 0 Å². The number of hydrogen-bond acceptors (Lipinski definition) is 4. The molecule has 0 spiro atoms. The highest BCUT2D eigenvalue weighted by Crippen LogP contribution is 2.37. The maximum Gasteiger partial charge on any atom is 0.339 e. The molecule has 0 saturated heterocycles. The van der Waals surface area contributed by atoms with Crippen molar-refractivity contribution in [2.45, 2.75) is 37.5 Å². The second-order valence-electron chi connectivity index (χ2n) is 6.80. The summed E-state index contributed by atoms with van der Waals surface area (Å²) in [6, 6.07) is 9.23. The molecule has 1 aliphatic rings. The van der Waals surface area contributed by atoms with E-state index in [1.807, 2.05) is 18.2 Å². The maximum absolute atomic E-state index is 12.2. The van der Waals surface area contributed by atoms with Gasteiger partial charge in [0.1, 0.15) is 5.69 Å². The summed E-state index contributed by atoms with van der Waals surface area (Å²) >= 11 is 0. The van der Waals surface area contributed by atoms with Gasteiger partial charge in [0, 0.05) is 22.4 Å². The highest BCUT2D eigenvalue weighted by atomic mass is 32.2. The molecular formula is C21H21NO3S. The van der Waals surface area contributed by atoms with E-state index in [9.17, 15) is 9.00 Å². The number of pyridine rings is 1. The zero-order valence-corrected chi connectivity index (χ0v) is 16.0. The Morgan fingerprint density at radius 3 is 2.77 bits per heavy atom. The first kappa shape index (κ1) is 18.3. The molecule has 1 aromatic heterocycles. The van der Waals surface area contributed by atoms with Gasteiger partial charge in [-0.25, -0.2) is 9.78 Å². The van der Waals surface area contributed by atoms with Crippen molar-refractivity contribution in [1.29, 1.82) is 0 Å². The third-order valence-electron chi connectivity index (χ3n) is 4.48. The Morgan fingerprint density at radius 1 is 1.27 bits per heavy atom. The van der Waals surface area contributed by atoms with Gasteiger partial charge in [-0.15, -0.1) is 0 Å². The number of hydrogen-bond donors (Lipinski definition) is 0. The summed E-state index contributed by atoms with van der Waals surface area (Å²) in [6.07, 6.45) is 2.38. The second-order valence-corrected chi connectivity index (χ2v) is 8.34. The normalized spacial score (nSPS) is 17.6. The zero-order chi connectivity index (χ0) is 18.7. The minimum atomic E-state index is -0.923. The molecule has 4 nitrogen and oxygen atoms in total. The fraction of sp³-hybridized carbons (Fsp3) is 0.333. The largest absolute Gasteiger partial charge is 0.462 e. The molecule has 3 rings (SSSR count). The van der Waals surface area contributed by atoms with Gasteiger partial charge in [0.2, 0.25) is 0 Å². The van der Waals surface area contributed by atoms with Crippen molar-refractivity contribution < 1.29 is 13.7 Å². The Bertz CT molecular complexity index is 921. The Balaban J connectivity index is 1.85. The molecule has 0 fully saturated rings. The summed E-state index contributed by atoms with van der Waals surface area (Å²) in [5.41, 5.74) is 2.97. The van der Waals surface area contributed by atoms with Crippen molar-refractivity contribution in [2.75, 3.05) is 12.4 Å². The Kier molecular flexibility index (Phi) is 5.24. The lowest BCUT2D eigenvalue weighted by Gasteiger charge is -2.31. The van der Waals surface area contributed by atoms with E-state index in [1.54, 1.807) is 19.1 Å². The number of nitrogens with zero attached hydrogens (tertiary/aromatic N) is 1. The monoisotopic (exact) mass is 367 g/mol. The van der Waals surface area contributed by atoms with Crippen LogP contribution in [0.1, 0.15) is 54.4 Å². The standard InChI is InChI=1S/C21H21NO3S/c1-4-25-20(23)16-7-9-17(22-14-16)8-5-15-6-10-19-18(13-15)21(2,3)11-12-26(19)24/h6-7,9-10,13-14H,4,11-12H2,1-3H3/t26-/m1/s1. The SMILES string of the molecule is CCOC(=O)c1ccc(C#Cc2ccc3c(c2)C(C)(C)CC[S@]3=O)nc1. The summed E-state index contributed by atoms with van der Waals surface area (Å²) in [6.45, 7) is 6.45.